The summed E-state index contributed by atoms with van der Waals surface area (Å²) in [4.78, 5) is 24.2. The maximum atomic E-state index is 12.1. The van der Waals surface area contributed by atoms with E-state index in [1.807, 2.05) is 38.1 Å². The van der Waals surface area contributed by atoms with E-state index in [1.165, 1.54) is 12.1 Å². The number of carbonyl (C=O) groups excluding carboxylic acids is 2. The van der Waals surface area contributed by atoms with Crippen molar-refractivity contribution in [1.82, 2.24) is 5.32 Å². The first-order chi connectivity index (χ1) is 11.9. The Kier molecular flexibility index (Phi) is 6.85. The molecule has 0 unspecified atom stereocenters. The minimum absolute atomic E-state index is 0.0595. The molecule has 0 saturated heterocycles. The predicted octanol–water partition coefficient (Wildman–Crippen LogP) is 4.73. The molecule has 2 aromatic carbocycles. The van der Waals surface area contributed by atoms with Crippen molar-refractivity contribution in [1.29, 1.82) is 0 Å². The molecule has 2 aromatic rings. The van der Waals surface area contributed by atoms with Gasteiger partial charge in [0.1, 0.15) is 0 Å². The van der Waals surface area contributed by atoms with E-state index in [2.05, 4.69) is 5.32 Å². The molecule has 4 nitrogen and oxygen atoms in total. The van der Waals surface area contributed by atoms with Crippen LogP contribution in [0.3, 0.4) is 0 Å². The standard InChI is InChI=1S/C19H19Cl2NO3/c1-3-16(13-9-7-12(2)8-10-13)22-17(23)11-25-19(24)18-14(20)5-4-6-15(18)21/h4-10,16H,3,11H2,1-2H3,(H,22,23)/t16-/m1/s1. The van der Waals surface area contributed by atoms with E-state index in [4.69, 9.17) is 27.9 Å². The monoisotopic (exact) mass is 379 g/mol. The Morgan fingerprint density at radius 1 is 1.08 bits per heavy atom. The van der Waals surface area contributed by atoms with E-state index in [0.717, 1.165) is 17.5 Å². The second-order valence-corrected chi connectivity index (χ2v) is 6.43. The number of hydrogen-bond donors (Lipinski definition) is 1. The number of rotatable bonds is 6. The largest absolute Gasteiger partial charge is 0.452 e. The van der Waals surface area contributed by atoms with Gasteiger partial charge in [-0.1, -0.05) is 66.0 Å². The topological polar surface area (TPSA) is 55.4 Å². The summed E-state index contributed by atoms with van der Waals surface area (Å²) in [5.41, 5.74) is 2.21. The maximum Gasteiger partial charge on any atom is 0.341 e. The SMILES string of the molecule is CC[C@@H](NC(=O)COC(=O)c1c(Cl)cccc1Cl)c1ccc(C)cc1. The van der Waals surface area contributed by atoms with Crippen LogP contribution in [0.15, 0.2) is 42.5 Å². The van der Waals surface area contributed by atoms with Crippen LogP contribution in [0.4, 0.5) is 0 Å². The number of esters is 1. The van der Waals surface area contributed by atoms with Crippen molar-refractivity contribution in [3.05, 3.63) is 69.2 Å². The molecule has 2 rings (SSSR count). The molecule has 0 saturated carbocycles. The first-order valence-corrected chi connectivity index (χ1v) is 8.65. The van der Waals surface area contributed by atoms with Crippen LogP contribution >= 0.6 is 23.2 Å². The second-order valence-electron chi connectivity index (χ2n) is 5.61. The third-order valence-corrected chi connectivity index (χ3v) is 4.35. The van der Waals surface area contributed by atoms with Crippen molar-refractivity contribution < 1.29 is 14.3 Å². The van der Waals surface area contributed by atoms with Gasteiger partial charge in [-0.15, -0.1) is 0 Å². The van der Waals surface area contributed by atoms with Crippen molar-refractivity contribution in [2.75, 3.05) is 6.61 Å². The van der Waals surface area contributed by atoms with Gasteiger partial charge in [0.25, 0.3) is 5.91 Å². The Morgan fingerprint density at radius 3 is 2.24 bits per heavy atom. The van der Waals surface area contributed by atoms with Gasteiger partial charge in [0.15, 0.2) is 6.61 Å². The molecule has 6 heteroatoms. The maximum absolute atomic E-state index is 12.1. The highest BCUT2D eigenvalue weighted by Crippen LogP contribution is 2.25. The molecule has 0 aliphatic carbocycles. The minimum atomic E-state index is -0.728. The van der Waals surface area contributed by atoms with E-state index < -0.39 is 12.6 Å². The van der Waals surface area contributed by atoms with Crippen molar-refractivity contribution in [2.45, 2.75) is 26.3 Å². The summed E-state index contributed by atoms with van der Waals surface area (Å²) >= 11 is 11.9. The molecular weight excluding hydrogens is 361 g/mol. The Bertz CT molecular complexity index is 740. The normalized spacial score (nSPS) is 11.7. The molecule has 0 fully saturated rings. The highest BCUT2D eigenvalue weighted by Gasteiger charge is 2.18. The highest BCUT2D eigenvalue weighted by atomic mass is 35.5. The van der Waals surface area contributed by atoms with Crippen LogP contribution in [0.5, 0.6) is 0 Å². The van der Waals surface area contributed by atoms with Crippen molar-refractivity contribution in [3.8, 4) is 0 Å². The molecule has 1 N–H and O–H groups in total. The van der Waals surface area contributed by atoms with Crippen LogP contribution in [0.2, 0.25) is 10.0 Å². The quantitative estimate of drug-likeness (QED) is 0.738. The summed E-state index contributed by atoms with van der Waals surface area (Å²) in [5.74, 6) is -1.11. The first-order valence-electron chi connectivity index (χ1n) is 7.89. The fourth-order valence-corrected chi connectivity index (χ4v) is 2.90. The molecule has 0 aliphatic heterocycles. The number of aryl methyl sites for hydroxylation is 1. The lowest BCUT2D eigenvalue weighted by Gasteiger charge is -2.18. The number of ether oxygens (including phenoxy) is 1. The fraction of sp³-hybridized carbons (Fsp3) is 0.263. The van der Waals surface area contributed by atoms with Crippen LogP contribution < -0.4 is 5.32 Å². The first kappa shape index (κ1) is 19.3. The van der Waals surface area contributed by atoms with Crippen LogP contribution in [0, 0.1) is 6.92 Å². The molecule has 0 aliphatic rings. The van der Waals surface area contributed by atoms with Gasteiger partial charge < -0.3 is 10.1 Å². The summed E-state index contributed by atoms with van der Waals surface area (Å²) in [7, 11) is 0. The highest BCUT2D eigenvalue weighted by molar-refractivity contribution is 6.39. The lowest BCUT2D eigenvalue weighted by atomic mass is 10.0. The molecule has 0 heterocycles. The minimum Gasteiger partial charge on any atom is -0.452 e. The van der Waals surface area contributed by atoms with E-state index in [0.29, 0.717) is 0 Å². The zero-order chi connectivity index (χ0) is 18.4. The number of benzene rings is 2. The molecule has 0 aromatic heterocycles. The lowest BCUT2D eigenvalue weighted by molar-refractivity contribution is -0.125. The third kappa shape index (κ3) is 5.21. The van der Waals surface area contributed by atoms with Gasteiger partial charge in [0.2, 0.25) is 0 Å². The Morgan fingerprint density at radius 2 is 1.68 bits per heavy atom. The van der Waals surface area contributed by atoms with Crippen LogP contribution in [0.1, 0.15) is 40.9 Å². The third-order valence-electron chi connectivity index (χ3n) is 3.72. The molecule has 0 bridgehead atoms. The van der Waals surface area contributed by atoms with Crippen molar-refractivity contribution in [2.24, 2.45) is 0 Å². The molecule has 0 radical (unpaired) electrons. The van der Waals surface area contributed by atoms with E-state index in [9.17, 15) is 9.59 Å². The molecule has 25 heavy (non-hydrogen) atoms. The average Bonchev–Trinajstić information content (AvgIpc) is 2.58. The van der Waals surface area contributed by atoms with Gasteiger partial charge >= 0.3 is 5.97 Å². The predicted molar refractivity (Wildman–Crippen MR) is 99.1 cm³/mol. The molecule has 1 atom stereocenters. The number of nitrogens with one attached hydrogen (secondary N) is 1. The van der Waals surface area contributed by atoms with Gasteiger partial charge in [-0.3, -0.25) is 4.79 Å². The van der Waals surface area contributed by atoms with Gasteiger partial charge in [0.05, 0.1) is 21.7 Å². The zero-order valence-corrected chi connectivity index (χ0v) is 15.5. The van der Waals surface area contributed by atoms with E-state index in [-0.39, 0.29) is 27.6 Å². The number of hydrogen-bond acceptors (Lipinski definition) is 3. The summed E-state index contributed by atoms with van der Waals surface area (Å²) in [6.45, 7) is 3.58. The average molecular weight is 380 g/mol. The van der Waals surface area contributed by atoms with Crippen LogP contribution in [-0.4, -0.2) is 18.5 Å². The van der Waals surface area contributed by atoms with Crippen molar-refractivity contribution in [3.63, 3.8) is 0 Å². The Hall–Kier alpha value is -2.04. The fourth-order valence-electron chi connectivity index (χ4n) is 2.35. The lowest BCUT2D eigenvalue weighted by Crippen LogP contribution is -2.32. The summed E-state index contributed by atoms with van der Waals surface area (Å²) < 4.78 is 5.03. The number of carbonyl (C=O) groups is 2. The molecule has 0 spiro atoms. The second kappa shape index (κ2) is 8.88. The van der Waals surface area contributed by atoms with Gasteiger partial charge in [-0.05, 0) is 31.0 Å². The van der Waals surface area contributed by atoms with Crippen molar-refractivity contribution >= 4 is 35.1 Å². The van der Waals surface area contributed by atoms with Crippen LogP contribution in [-0.2, 0) is 9.53 Å². The van der Waals surface area contributed by atoms with E-state index >= 15 is 0 Å². The van der Waals surface area contributed by atoms with Gasteiger partial charge in [-0.25, -0.2) is 4.79 Å². The molecule has 1 amide bonds. The van der Waals surface area contributed by atoms with Gasteiger partial charge in [-0.2, -0.15) is 0 Å². The Balaban J connectivity index is 1.95. The summed E-state index contributed by atoms with van der Waals surface area (Å²) in [5, 5.41) is 3.22. The Labute approximate surface area is 157 Å². The van der Waals surface area contributed by atoms with Crippen LogP contribution in [0.25, 0.3) is 0 Å². The van der Waals surface area contributed by atoms with E-state index in [1.54, 1.807) is 6.07 Å². The number of halogens is 2. The molecule has 132 valence electrons. The number of amides is 1. The molecular formula is C19H19Cl2NO3. The zero-order valence-electron chi connectivity index (χ0n) is 14.0. The summed E-state index contributed by atoms with van der Waals surface area (Å²) in [6, 6.07) is 12.5. The smallest absolute Gasteiger partial charge is 0.341 e. The summed E-state index contributed by atoms with van der Waals surface area (Å²) in [6.07, 6.45) is 0.721. The van der Waals surface area contributed by atoms with Gasteiger partial charge in [0, 0.05) is 0 Å².